The van der Waals surface area contributed by atoms with E-state index in [0.29, 0.717) is 0 Å². The van der Waals surface area contributed by atoms with Gasteiger partial charge in [0.25, 0.3) is 0 Å². The van der Waals surface area contributed by atoms with Crippen molar-refractivity contribution in [3.63, 3.8) is 0 Å². The van der Waals surface area contributed by atoms with Crippen molar-refractivity contribution in [2.45, 2.75) is 12.8 Å². The topological polar surface area (TPSA) is 38.7 Å². The molecule has 1 rings (SSSR count). The molecule has 0 bridgehead atoms. The van der Waals surface area contributed by atoms with E-state index in [1.807, 2.05) is 30.4 Å². The van der Waals surface area contributed by atoms with Gasteiger partial charge in [0.1, 0.15) is 11.5 Å². The van der Waals surface area contributed by atoms with Crippen LogP contribution in [0.4, 0.5) is 0 Å². The first-order valence-electron chi connectivity index (χ1n) is 5.31. The van der Waals surface area contributed by atoms with Crippen molar-refractivity contribution in [3.05, 3.63) is 29.8 Å². The normalized spacial score (nSPS) is 10.7. The van der Waals surface area contributed by atoms with E-state index in [2.05, 4.69) is 0 Å². The average Bonchev–Trinajstić information content (AvgIpc) is 2.34. The highest BCUT2D eigenvalue weighted by atomic mass is 16.5. The second-order valence-corrected chi connectivity index (χ2v) is 3.38. The molecule has 16 heavy (non-hydrogen) atoms. The fraction of sp³-hybridized carbons (Fsp3) is 0.385. The molecule has 0 aliphatic rings. The summed E-state index contributed by atoms with van der Waals surface area (Å²) in [4.78, 5) is 0. The quantitative estimate of drug-likeness (QED) is 0.751. The molecule has 1 N–H and O–H groups in total. The van der Waals surface area contributed by atoms with E-state index in [1.54, 1.807) is 14.2 Å². The molecule has 0 unspecified atom stereocenters. The SMILES string of the molecule is COc1ccc(C=CCCCO)c(OC)c1. The molecule has 0 aliphatic carbocycles. The molecule has 0 radical (unpaired) electrons. The smallest absolute Gasteiger partial charge is 0.129 e. The zero-order valence-electron chi connectivity index (χ0n) is 9.77. The Hall–Kier alpha value is -1.48. The predicted molar refractivity (Wildman–Crippen MR) is 64.9 cm³/mol. The van der Waals surface area contributed by atoms with E-state index in [-0.39, 0.29) is 6.61 Å². The summed E-state index contributed by atoms with van der Waals surface area (Å²) >= 11 is 0. The van der Waals surface area contributed by atoms with Crippen LogP contribution in [-0.4, -0.2) is 25.9 Å². The first kappa shape index (κ1) is 12.6. The highest BCUT2D eigenvalue weighted by Gasteiger charge is 2.01. The zero-order valence-corrected chi connectivity index (χ0v) is 9.77. The Kier molecular flexibility index (Phi) is 5.43. The second-order valence-electron chi connectivity index (χ2n) is 3.38. The van der Waals surface area contributed by atoms with Crippen LogP contribution in [0.5, 0.6) is 11.5 Å². The minimum Gasteiger partial charge on any atom is -0.497 e. The lowest BCUT2D eigenvalue weighted by Crippen LogP contribution is -1.89. The maximum absolute atomic E-state index is 8.66. The lowest BCUT2D eigenvalue weighted by molar-refractivity contribution is 0.290. The largest absolute Gasteiger partial charge is 0.497 e. The number of ether oxygens (including phenoxy) is 2. The third-order valence-corrected chi connectivity index (χ3v) is 2.27. The summed E-state index contributed by atoms with van der Waals surface area (Å²) in [6, 6.07) is 5.70. The van der Waals surface area contributed by atoms with E-state index >= 15 is 0 Å². The van der Waals surface area contributed by atoms with E-state index in [1.165, 1.54) is 0 Å². The van der Waals surface area contributed by atoms with Crippen molar-refractivity contribution in [2.75, 3.05) is 20.8 Å². The van der Waals surface area contributed by atoms with Crippen molar-refractivity contribution in [3.8, 4) is 11.5 Å². The molecule has 3 heteroatoms. The van der Waals surface area contributed by atoms with Gasteiger partial charge >= 0.3 is 0 Å². The van der Waals surface area contributed by atoms with Gasteiger partial charge in [-0.15, -0.1) is 0 Å². The highest BCUT2D eigenvalue weighted by molar-refractivity contribution is 5.59. The number of aliphatic hydroxyl groups excluding tert-OH is 1. The number of allylic oxidation sites excluding steroid dienone is 1. The first-order valence-corrected chi connectivity index (χ1v) is 5.31. The minimum absolute atomic E-state index is 0.226. The standard InChI is InChI=1S/C13H18O3/c1-15-12-8-7-11(13(10-12)16-2)6-4-3-5-9-14/h4,6-8,10,14H,3,5,9H2,1-2H3. The number of methoxy groups -OCH3 is 2. The van der Waals surface area contributed by atoms with Gasteiger partial charge in [0, 0.05) is 18.2 Å². The molecule has 0 aromatic heterocycles. The van der Waals surface area contributed by atoms with Gasteiger partial charge in [-0.05, 0) is 25.0 Å². The Morgan fingerprint density at radius 3 is 2.69 bits per heavy atom. The van der Waals surface area contributed by atoms with Crippen LogP contribution in [-0.2, 0) is 0 Å². The van der Waals surface area contributed by atoms with Crippen molar-refractivity contribution in [2.24, 2.45) is 0 Å². The fourth-order valence-corrected chi connectivity index (χ4v) is 1.38. The maximum atomic E-state index is 8.66. The summed E-state index contributed by atoms with van der Waals surface area (Å²) in [5, 5.41) is 8.66. The number of rotatable bonds is 6. The molecule has 1 aromatic rings. The molecule has 0 atom stereocenters. The zero-order chi connectivity index (χ0) is 11.8. The van der Waals surface area contributed by atoms with Crippen molar-refractivity contribution < 1.29 is 14.6 Å². The summed E-state index contributed by atoms with van der Waals surface area (Å²) in [7, 11) is 3.27. The van der Waals surface area contributed by atoms with Crippen LogP contribution in [0.3, 0.4) is 0 Å². The van der Waals surface area contributed by atoms with Gasteiger partial charge < -0.3 is 14.6 Å². The lowest BCUT2D eigenvalue weighted by Gasteiger charge is -2.07. The molecule has 0 saturated heterocycles. The monoisotopic (exact) mass is 222 g/mol. The first-order chi connectivity index (χ1) is 7.81. The van der Waals surface area contributed by atoms with Gasteiger partial charge in [-0.1, -0.05) is 12.2 Å². The molecule has 0 saturated carbocycles. The Morgan fingerprint density at radius 1 is 1.25 bits per heavy atom. The number of unbranched alkanes of at least 4 members (excludes halogenated alkanes) is 1. The summed E-state index contributed by atoms with van der Waals surface area (Å²) in [5.41, 5.74) is 1.02. The minimum atomic E-state index is 0.226. The average molecular weight is 222 g/mol. The molecular weight excluding hydrogens is 204 g/mol. The van der Waals surface area contributed by atoms with Crippen LogP contribution in [0.25, 0.3) is 6.08 Å². The molecule has 0 aliphatic heterocycles. The molecule has 1 aromatic carbocycles. The summed E-state index contributed by atoms with van der Waals surface area (Å²) in [6.45, 7) is 0.226. The van der Waals surface area contributed by atoms with Crippen molar-refractivity contribution in [1.82, 2.24) is 0 Å². The predicted octanol–water partition coefficient (Wildman–Crippen LogP) is 2.49. The van der Waals surface area contributed by atoms with Crippen LogP contribution in [0.15, 0.2) is 24.3 Å². The Balaban J connectivity index is 2.75. The van der Waals surface area contributed by atoms with Crippen LogP contribution in [0.1, 0.15) is 18.4 Å². The van der Waals surface area contributed by atoms with E-state index in [9.17, 15) is 0 Å². The third-order valence-electron chi connectivity index (χ3n) is 2.27. The van der Waals surface area contributed by atoms with E-state index in [4.69, 9.17) is 14.6 Å². The molecule has 3 nitrogen and oxygen atoms in total. The van der Waals surface area contributed by atoms with Gasteiger partial charge in [-0.2, -0.15) is 0 Å². The van der Waals surface area contributed by atoms with Gasteiger partial charge in [0.05, 0.1) is 14.2 Å². The van der Waals surface area contributed by atoms with Crippen LogP contribution in [0, 0.1) is 0 Å². The number of aliphatic hydroxyl groups is 1. The van der Waals surface area contributed by atoms with Gasteiger partial charge in [-0.3, -0.25) is 0 Å². The number of benzene rings is 1. The highest BCUT2D eigenvalue weighted by Crippen LogP contribution is 2.25. The molecular formula is C13H18O3. The molecule has 0 spiro atoms. The number of hydrogen-bond donors (Lipinski definition) is 1. The van der Waals surface area contributed by atoms with E-state index in [0.717, 1.165) is 29.9 Å². The molecule has 0 heterocycles. The third kappa shape index (κ3) is 3.59. The van der Waals surface area contributed by atoms with Gasteiger partial charge in [0.15, 0.2) is 0 Å². The Morgan fingerprint density at radius 2 is 2.06 bits per heavy atom. The van der Waals surface area contributed by atoms with Crippen LogP contribution in [0.2, 0.25) is 0 Å². The lowest BCUT2D eigenvalue weighted by atomic mass is 10.1. The molecule has 0 amide bonds. The second kappa shape index (κ2) is 6.90. The maximum Gasteiger partial charge on any atom is 0.129 e. The van der Waals surface area contributed by atoms with Crippen molar-refractivity contribution >= 4 is 6.08 Å². The fourth-order valence-electron chi connectivity index (χ4n) is 1.38. The van der Waals surface area contributed by atoms with Gasteiger partial charge in [0.2, 0.25) is 0 Å². The molecule has 88 valence electrons. The van der Waals surface area contributed by atoms with Gasteiger partial charge in [-0.25, -0.2) is 0 Å². The van der Waals surface area contributed by atoms with Crippen molar-refractivity contribution in [1.29, 1.82) is 0 Å². The summed E-state index contributed by atoms with van der Waals surface area (Å²) in [6.07, 6.45) is 5.68. The number of hydrogen-bond acceptors (Lipinski definition) is 3. The van der Waals surface area contributed by atoms with Crippen LogP contribution < -0.4 is 9.47 Å². The summed E-state index contributed by atoms with van der Waals surface area (Å²) < 4.78 is 10.4. The molecule has 0 fully saturated rings. The summed E-state index contributed by atoms with van der Waals surface area (Å²) in [5.74, 6) is 1.57. The Bertz CT molecular complexity index is 345. The Labute approximate surface area is 96.3 Å². The van der Waals surface area contributed by atoms with Crippen LogP contribution >= 0.6 is 0 Å². The van der Waals surface area contributed by atoms with E-state index < -0.39 is 0 Å².